The van der Waals surface area contributed by atoms with Crippen molar-refractivity contribution in [3.8, 4) is 11.8 Å². The minimum Gasteiger partial charge on any atom is -0.353 e. The molecular formula is C18H34O2. The lowest BCUT2D eigenvalue weighted by molar-refractivity contribution is -0.140. The van der Waals surface area contributed by atoms with Gasteiger partial charge in [-0.1, -0.05) is 39.0 Å². The molecule has 0 aromatic heterocycles. The average molecular weight is 282 g/mol. The molecule has 0 atom stereocenters. The molecule has 0 spiro atoms. The van der Waals surface area contributed by atoms with E-state index in [-0.39, 0.29) is 6.29 Å². The highest BCUT2D eigenvalue weighted by molar-refractivity contribution is 4.97. The molecule has 0 saturated heterocycles. The van der Waals surface area contributed by atoms with Crippen molar-refractivity contribution in [2.75, 3.05) is 13.2 Å². The number of unbranched alkanes of at least 4 members (excludes halogenated alkanes) is 7. The van der Waals surface area contributed by atoms with Gasteiger partial charge in [0.25, 0.3) is 0 Å². The van der Waals surface area contributed by atoms with Gasteiger partial charge in [0.1, 0.15) is 0 Å². The van der Waals surface area contributed by atoms with Gasteiger partial charge in [-0.15, -0.1) is 11.8 Å². The van der Waals surface area contributed by atoms with Crippen LogP contribution >= 0.6 is 0 Å². The number of hydrogen-bond donors (Lipinski definition) is 0. The van der Waals surface area contributed by atoms with Crippen LogP contribution in [0.5, 0.6) is 0 Å². The predicted octanol–water partition coefficient (Wildman–Crippen LogP) is 5.31. The minimum absolute atomic E-state index is 0.0159. The third-order valence-corrected chi connectivity index (χ3v) is 3.25. The predicted molar refractivity (Wildman–Crippen MR) is 86.7 cm³/mol. The van der Waals surface area contributed by atoms with Crippen molar-refractivity contribution in [2.45, 2.75) is 91.3 Å². The molecule has 0 fully saturated rings. The summed E-state index contributed by atoms with van der Waals surface area (Å²) in [4.78, 5) is 0. The van der Waals surface area contributed by atoms with E-state index in [1.807, 2.05) is 13.8 Å². The molecule has 0 aliphatic heterocycles. The summed E-state index contributed by atoms with van der Waals surface area (Å²) in [6.07, 6.45) is 12.3. The zero-order valence-electron chi connectivity index (χ0n) is 13.9. The van der Waals surface area contributed by atoms with Gasteiger partial charge in [0.15, 0.2) is 6.29 Å². The summed E-state index contributed by atoms with van der Waals surface area (Å²) < 4.78 is 11.1. The van der Waals surface area contributed by atoms with Crippen LogP contribution in [-0.4, -0.2) is 19.5 Å². The summed E-state index contributed by atoms with van der Waals surface area (Å²) in [7, 11) is 0. The van der Waals surface area contributed by atoms with Crippen LogP contribution < -0.4 is 0 Å². The fourth-order valence-corrected chi connectivity index (χ4v) is 2.21. The monoisotopic (exact) mass is 282 g/mol. The molecule has 0 aromatic carbocycles. The fraction of sp³-hybridized carbons (Fsp3) is 0.889. The second-order valence-electron chi connectivity index (χ2n) is 5.06. The molecule has 0 rings (SSSR count). The molecule has 0 heterocycles. The maximum absolute atomic E-state index is 5.54. The summed E-state index contributed by atoms with van der Waals surface area (Å²) in [5.41, 5.74) is 0. The van der Waals surface area contributed by atoms with Crippen LogP contribution in [0.3, 0.4) is 0 Å². The molecule has 0 radical (unpaired) electrons. The Balaban J connectivity index is 3.26. The Morgan fingerprint density at radius 1 is 0.700 bits per heavy atom. The average Bonchev–Trinajstić information content (AvgIpc) is 2.45. The summed E-state index contributed by atoms with van der Waals surface area (Å²) in [5, 5.41) is 0. The van der Waals surface area contributed by atoms with Crippen molar-refractivity contribution in [1.29, 1.82) is 0 Å². The van der Waals surface area contributed by atoms with Crippen molar-refractivity contribution >= 4 is 0 Å². The second-order valence-corrected chi connectivity index (χ2v) is 5.06. The molecule has 0 unspecified atom stereocenters. The quantitative estimate of drug-likeness (QED) is 0.259. The molecule has 0 amide bonds. The summed E-state index contributed by atoms with van der Waals surface area (Å²) in [5.74, 6) is 6.33. The third kappa shape index (κ3) is 13.9. The van der Waals surface area contributed by atoms with E-state index in [4.69, 9.17) is 9.47 Å². The lowest BCUT2D eigenvalue weighted by Crippen LogP contribution is -2.17. The van der Waals surface area contributed by atoms with Crippen molar-refractivity contribution in [2.24, 2.45) is 0 Å². The topological polar surface area (TPSA) is 18.5 Å². The first-order valence-electron chi connectivity index (χ1n) is 8.54. The molecule has 0 aliphatic rings. The minimum atomic E-state index is 0.0159. The lowest BCUT2D eigenvalue weighted by atomic mass is 10.1. The van der Waals surface area contributed by atoms with E-state index in [2.05, 4.69) is 18.8 Å². The molecule has 0 aliphatic carbocycles. The highest BCUT2D eigenvalue weighted by Gasteiger charge is 2.06. The first kappa shape index (κ1) is 19.5. The Kier molecular flexibility index (Phi) is 16.1. The smallest absolute Gasteiger partial charge is 0.157 e. The maximum atomic E-state index is 5.54. The van der Waals surface area contributed by atoms with Gasteiger partial charge in [-0.3, -0.25) is 0 Å². The molecule has 0 saturated carbocycles. The van der Waals surface area contributed by atoms with Crippen LogP contribution in [0.1, 0.15) is 85.0 Å². The van der Waals surface area contributed by atoms with Gasteiger partial charge in [0, 0.05) is 26.1 Å². The van der Waals surface area contributed by atoms with Crippen molar-refractivity contribution in [1.82, 2.24) is 0 Å². The van der Waals surface area contributed by atoms with Gasteiger partial charge in [-0.2, -0.15) is 0 Å². The fourth-order valence-electron chi connectivity index (χ4n) is 2.21. The normalized spacial score (nSPS) is 10.6. The number of hydrogen-bond acceptors (Lipinski definition) is 2. The van der Waals surface area contributed by atoms with E-state index in [9.17, 15) is 0 Å². The van der Waals surface area contributed by atoms with Gasteiger partial charge >= 0.3 is 0 Å². The third-order valence-electron chi connectivity index (χ3n) is 3.25. The largest absolute Gasteiger partial charge is 0.353 e. The highest BCUT2D eigenvalue weighted by atomic mass is 16.7. The van der Waals surface area contributed by atoms with E-state index in [1.165, 1.54) is 44.9 Å². The Hall–Kier alpha value is -0.520. The molecule has 0 bridgehead atoms. The molecule has 118 valence electrons. The van der Waals surface area contributed by atoms with Crippen molar-refractivity contribution in [3.05, 3.63) is 0 Å². The Morgan fingerprint density at radius 2 is 1.25 bits per heavy atom. The van der Waals surface area contributed by atoms with Gasteiger partial charge < -0.3 is 9.47 Å². The van der Waals surface area contributed by atoms with Crippen LogP contribution in [0, 0.1) is 11.8 Å². The Bertz CT molecular complexity index is 234. The first-order chi connectivity index (χ1) is 9.85. The SMILES string of the molecule is CCC#CCCCCCCCCCC(OCC)OCC. The number of ether oxygens (including phenoxy) is 2. The maximum Gasteiger partial charge on any atom is 0.157 e. The van der Waals surface area contributed by atoms with E-state index in [0.717, 1.165) is 32.5 Å². The van der Waals surface area contributed by atoms with Crippen LogP contribution in [0.4, 0.5) is 0 Å². The Morgan fingerprint density at radius 3 is 1.80 bits per heavy atom. The van der Waals surface area contributed by atoms with Gasteiger partial charge in [-0.25, -0.2) is 0 Å². The van der Waals surface area contributed by atoms with E-state index >= 15 is 0 Å². The standard InChI is InChI=1S/C18H34O2/c1-4-7-8-9-10-11-12-13-14-15-16-17-18(19-5-2)20-6-3/h18H,4-6,9-17H2,1-3H3. The van der Waals surface area contributed by atoms with Crippen LogP contribution in [0.15, 0.2) is 0 Å². The highest BCUT2D eigenvalue weighted by Crippen LogP contribution is 2.12. The molecule has 0 N–H and O–H groups in total. The zero-order valence-corrected chi connectivity index (χ0v) is 13.9. The van der Waals surface area contributed by atoms with Gasteiger partial charge in [0.2, 0.25) is 0 Å². The van der Waals surface area contributed by atoms with Gasteiger partial charge in [0.05, 0.1) is 0 Å². The first-order valence-corrected chi connectivity index (χ1v) is 8.54. The second kappa shape index (κ2) is 16.5. The molecule has 0 aromatic rings. The summed E-state index contributed by atoms with van der Waals surface area (Å²) in [6.45, 7) is 7.64. The Labute approximate surface area is 126 Å². The van der Waals surface area contributed by atoms with Crippen LogP contribution in [0.25, 0.3) is 0 Å². The van der Waals surface area contributed by atoms with E-state index in [1.54, 1.807) is 0 Å². The molecule has 2 nitrogen and oxygen atoms in total. The summed E-state index contributed by atoms with van der Waals surface area (Å²) >= 11 is 0. The number of rotatable bonds is 13. The zero-order chi connectivity index (χ0) is 14.9. The van der Waals surface area contributed by atoms with E-state index < -0.39 is 0 Å². The van der Waals surface area contributed by atoms with Crippen LogP contribution in [-0.2, 0) is 9.47 Å². The molecule has 20 heavy (non-hydrogen) atoms. The van der Waals surface area contributed by atoms with E-state index in [0.29, 0.717) is 0 Å². The lowest BCUT2D eigenvalue weighted by Gasteiger charge is -2.16. The summed E-state index contributed by atoms with van der Waals surface area (Å²) in [6, 6.07) is 0. The van der Waals surface area contributed by atoms with Gasteiger partial charge in [-0.05, 0) is 33.1 Å². The van der Waals surface area contributed by atoms with Crippen molar-refractivity contribution in [3.63, 3.8) is 0 Å². The molecular weight excluding hydrogens is 248 g/mol. The molecule has 2 heteroatoms. The van der Waals surface area contributed by atoms with Crippen LogP contribution in [0.2, 0.25) is 0 Å². The van der Waals surface area contributed by atoms with Crippen molar-refractivity contribution < 1.29 is 9.47 Å².